The van der Waals surface area contributed by atoms with Gasteiger partial charge in [0, 0.05) is 13.1 Å². The maximum absolute atomic E-state index is 12.4. The standard InChI is InChI=1S/C19H23NO2/c1-15-5-2-3-7-17(15)9-8-16-6-4-11-20(13-16)19(21)18-10-12-22-14-18/h2-3,5,7,10,12,14,16H,4,6,8-9,11,13H2,1H3/t16-/m0/s1. The van der Waals surface area contributed by atoms with Gasteiger partial charge in [0.05, 0.1) is 11.8 Å². The van der Waals surface area contributed by atoms with E-state index < -0.39 is 0 Å². The fourth-order valence-electron chi connectivity index (χ4n) is 3.30. The molecule has 0 saturated carbocycles. The third kappa shape index (κ3) is 3.41. The van der Waals surface area contributed by atoms with Crippen LogP contribution in [0, 0.1) is 12.8 Å². The second-order valence-corrected chi connectivity index (χ2v) is 6.24. The van der Waals surface area contributed by atoms with Gasteiger partial charge in [-0.1, -0.05) is 24.3 Å². The summed E-state index contributed by atoms with van der Waals surface area (Å²) in [6.45, 7) is 3.91. The van der Waals surface area contributed by atoms with Crippen LogP contribution in [-0.4, -0.2) is 23.9 Å². The van der Waals surface area contributed by atoms with Gasteiger partial charge in [-0.2, -0.15) is 0 Å². The predicted molar refractivity (Wildman–Crippen MR) is 86.8 cm³/mol. The first-order valence-electron chi connectivity index (χ1n) is 8.10. The average Bonchev–Trinajstić information content (AvgIpc) is 3.08. The second-order valence-electron chi connectivity index (χ2n) is 6.24. The highest BCUT2D eigenvalue weighted by Crippen LogP contribution is 2.23. The van der Waals surface area contributed by atoms with Crippen molar-refractivity contribution >= 4 is 5.91 Å². The van der Waals surface area contributed by atoms with Gasteiger partial charge in [-0.25, -0.2) is 0 Å². The Morgan fingerprint density at radius 2 is 2.18 bits per heavy atom. The molecule has 1 saturated heterocycles. The summed E-state index contributed by atoms with van der Waals surface area (Å²) in [6.07, 6.45) is 7.68. The van der Waals surface area contributed by atoms with Crippen LogP contribution in [-0.2, 0) is 6.42 Å². The lowest BCUT2D eigenvalue weighted by Crippen LogP contribution is -2.39. The SMILES string of the molecule is Cc1ccccc1CC[C@@H]1CCCN(C(=O)c2ccoc2)C1. The number of nitrogens with zero attached hydrogens (tertiary/aromatic N) is 1. The number of likely N-dealkylation sites (tertiary alicyclic amines) is 1. The van der Waals surface area contributed by atoms with Crippen molar-refractivity contribution in [3.8, 4) is 0 Å². The Hall–Kier alpha value is -2.03. The summed E-state index contributed by atoms with van der Waals surface area (Å²) in [5, 5.41) is 0. The molecule has 0 N–H and O–H groups in total. The largest absolute Gasteiger partial charge is 0.472 e. The van der Waals surface area contributed by atoms with E-state index in [9.17, 15) is 4.79 Å². The van der Waals surface area contributed by atoms with E-state index in [1.807, 2.05) is 4.90 Å². The fraction of sp³-hybridized carbons (Fsp3) is 0.421. The molecule has 1 aliphatic rings. The van der Waals surface area contributed by atoms with Crippen molar-refractivity contribution in [2.75, 3.05) is 13.1 Å². The maximum atomic E-state index is 12.4. The first-order chi connectivity index (χ1) is 10.7. The summed E-state index contributed by atoms with van der Waals surface area (Å²) in [5.74, 6) is 0.707. The zero-order valence-electron chi connectivity index (χ0n) is 13.1. The van der Waals surface area contributed by atoms with Crippen LogP contribution in [0.3, 0.4) is 0 Å². The lowest BCUT2D eigenvalue weighted by atomic mass is 9.90. The monoisotopic (exact) mass is 297 g/mol. The molecule has 1 aromatic carbocycles. The van der Waals surface area contributed by atoms with E-state index in [0.29, 0.717) is 11.5 Å². The van der Waals surface area contributed by atoms with Gasteiger partial charge in [0.25, 0.3) is 5.91 Å². The second kappa shape index (κ2) is 6.82. The summed E-state index contributed by atoms with van der Waals surface area (Å²) in [4.78, 5) is 14.4. The Kier molecular flexibility index (Phi) is 4.62. The molecular weight excluding hydrogens is 274 g/mol. The Morgan fingerprint density at radius 1 is 1.32 bits per heavy atom. The molecule has 0 aliphatic carbocycles. The third-order valence-electron chi connectivity index (χ3n) is 4.66. The minimum Gasteiger partial charge on any atom is -0.472 e. The van der Waals surface area contributed by atoms with Crippen molar-refractivity contribution in [1.29, 1.82) is 0 Å². The fourth-order valence-corrected chi connectivity index (χ4v) is 3.30. The quantitative estimate of drug-likeness (QED) is 0.852. The van der Waals surface area contributed by atoms with E-state index in [2.05, 4.69) is 31.2 Å². The molecule has 1 aliphatic heterocycles. The molecule has 0 radical (unpaired) electrons. The van der Waals surface area contributed by atoms with E-state index >= 15 is 0 Å². The molecular formula is C19H23NO2. The van der Waals surface area contributed by atoms with Gasteiger partial charge in [-0.15, -0.1) is 0 Å². The van der Waals surface area contributed by atoms with E-state index in [4.69, 9.17) is 4.42 Å². The van der Waals surface area contributed by atoms with Crippen LogP contribution in [0.1, 0.15) is 40.7 Å². The highest BCUT2D eigenvalue weighted by atomic mass is 16.3. The smallest absolute Gasteiger partial charge is 0.257 e. The summed E-state index contributed by atoms with van der Waals surface area (Å²) in [5.41, 5.74) is 3.46. The van der Waals surface area contributed by atoms with Crippen LogP contribution in [0.5, 0.6) is 0 Å². The molecule has 1 aromatic heterocycles. The third-order valence-corrected chi connectivity index (χ3v) is 4.66. The molecule has 0 unspecified atom stereocenters. The number of amides is 1. The molecule has 2 aromatic rings. The molecule has 22 heavy (non-hydrogen) atoms. The average molecular weight is 297 g/mol. The highest BCUT2D eigenvalue weighted by Gasteiger charge is 2.24. The number of benzene rings is 1. The normalized spacial score (nSPS) is 18.4. The number of hydrogen-bond acceptors (Lipinski definition) is 2. The summed E-state index contributed by atoms with van der Waals surface area (Å²) in [6, 6.07) is 10.3. The first-order valence-corrected chi connectivity index (χ1v) is 8.10. The highest BCUT2D eigenvalue weighted by molar-refractivity contribution is 5.93. The zero-order chi connectivity index (χ0) is 15.4. The molecule has 0 spiro atoms. The molecule has 2 heterocycles. The number of furan rings is 1. The van der Waals surface area contributed by atoms with Crippen LogP contribution >= 0.6 is 0 Å². The van der Waals surface area contributed by atoms with Crippen molar-refractivity contribution in [3.05, 3.63) is 59.5 Å². The van der Waals surface area contributed by atoms with E-state index in [1.54, 1.807) is 18.6 Å². The van der Waals surface area contributed by atoms with E-state index in [1.165, 1.54) is 17.5 Å². The summed E-state index contributed by atoms with van der Waals surface area (Å²) in [7, 11) is 0. The number of carbonyl (C=O) groups excluding carboxylic acids is 1. The molecule has 3 nitrogen and oxygen atoms in total. The molecule has 116 valence electrons. The Labute approximate surface area is 131 Å². The first kappa shape index (κ1) is 14.9. The number of hydrogen-bond donors (Lipinski definition) is 0. The van der Waals surface area contributed by atoms with Crippen molar-refractivity contribution < 1.29 is 9.21 Å². The van der Waals surface area contributed by atoms with Gasteiger partial charge in [-0.3, -0.25) is 4.79 Å². The summed E-state index contributed by atoms with van der Waals surface area (Å²) < 4.78 is 5.02. The Morgan fingerprint density at radius 3 is 2.95 bits per heavy atom. The molecule has 3 rings (SSSR count). The Balaban J connectivity index is 1.57. The predicted octanol–water partition coefficient (Wildman–Crippen LogP) is 4.07. The summed E-state index contributed by atoms with van der Waals surface area (Å²) >= 11 is 0. The number of piperidine rings is 1. The van der Waals surface area contributed by atoms with Gasteiger partial charge < -0.3 is 9.32 Å². The van der Waals surface area contributed by atoms with E-state index in [-0.39, 0.29) is 5.91 Å². The minimum atomic E-state index is 0.106. The molecule has 1 atom stereocenters. The lowest BCUT2D eigenvalue weighted by molar-refractivity contribution is 0.0667. The number of carbonyl (C=O) groups is 1. The van der Waals surface area contributed by atoms with Gasteiger partial charge in [0.1, 0.15) is 6.26 Å². The topological polar surface area (TPSA) is 33.5 Å². The van der Waals surface area contributed by atoms with Gasteiger partial charge in [0.2, 0.25) is 0 Å². The van der Waals surface area contributed by atoms with Crippen LogP contribution in [0.25, 0.3) is 0 Å². The molecule has 1 amide bonds. The number of rotatable bonds is 4. The van der Waals surface area contributed by atoms with Crippen molar-refractivity contribution in [3.63, 3.8) is 0 Å². The van der Waals surface area contributed by atoms with Crippen molar-refractivity contribution in [2.24, 2.45) is 5.92 Å². The van der Waals surface area contributed by atoms with Crippen molar-refractivity contribution in [2.45, 2.75) is 32.6 Å². The maximum Gasteiger partial charge on any atom is 0.257 e. The molecule has 1 fully saturated rings. The van der Waals surface area contributed by atoms with E-state index in [0.717, 1.165) is 32.4 Å². The molecule has 0 bridgehead atoms. The van der Waals surface area contributed by atoms with Gasteiger partial charge >= 0.3 is 0 Å². The van der Waals surface area contributed by atoms with Crippen LogP contribution in [0.2, 0.25) is 0 Å². The lowest BCUT2D eigenvalue weighted by Gasteiger charge is -2.32. The van der Waals surface area contributed by atoms with Crippen LogP contribution in [0.15, 0.2) is 47.3 Å². The number of aryl methyl sites for hydroxylation is 2. The van der Waals surface area contributed by atoms with Gasteiger partial charge in [-0.05, 0) is 55.7 Å². The molecule has 3 heteroatoms. The van der Waals surface area contributed by atoms with Crippen LogP contribution < -0.4 is 0 Å². The van der Waals surface area contributed by atoms with Crippen LogP contribution in [0.4, 0.5) is 0 Å². The Bertz CT molecular complexity index is 618. The van der Waals surface area contributed by atoms with Gasteiger partial charge in [0.15, 0.2) is 0 Å². The minimum absolute atomic E-state index is 0.106. The van der Waals surface area contributed by atoms with Crippen molar-refractivity contribution in [1.82, 2.24) is 4.90 Å². The zero-order valence-corrected chi connectivity index (χ0v) is 13.1.